The van der Waals surface area contributed by atoms with Crippen LogP contribution in [0.15, 0.2) is 36.5 Å². The van der Waals surface area contributed by atoms with Gasteiger partial charge in [-0.3, -0.25) is 0 Å². The third kappa shape index (κ3) is 2.75. The van der Waals surface area contributed by atoms with E-state index >= 15 is 0 Å². The molecule has 0 fully saturated rings. The van der Waals surface area contributed by atoms with Crippen LogP contribution in [0.1, 0.15) is 11.1 Å². The zero-order valence-corrected chi connectivity index (χ0v) is 10.2. The monoisotopic (exact) mass is 248 g/mol. The van der Waals surface area contributed by atoms with Crippen LogP contribution in [-0.2, 0) is 6.54 Å². The minimum atomic E-state index is 0.409. The average molecular weight is 249 g/mol. The standard InChI is InChI=1S/C13H13ClN2O/c1-9-4-5-10(8-15)7-12(9)17-13-11(14)3-2-6-16-13/h2-7H,8,15H2,1H3. The van der Waals surface area contributed by atoms with E-state index in [4.69, 9.17) is 22.1 Å². The molecular weight excluding hydrogens is 236 g/mol. The lowest BCUT2D eigenvalue weighted by atomic mass is 10.1. The van der Waals surface area contributed by atoms with Gasteiger partial charge in [-0.15, -0.1) is 0 Å². The summed E-state index contributed by atoms with van der Waals surface area (Å²) in [6, 6.07) is 9.35. The van der Waals surface area contributed by atoms with Gasteiger partial charge in [0.2, 0.25) is 5.88 Å². The summed E-state index contributed by atoms with van der Waals surface area (Å²) < 4.78 is 5.68. The van der Waals surface area contributed by atoms with Crippen LogP contribution in [0.4, 0.5) is 0 Å². The molecule has 1 aromatic carbocycles. The predicted octanol–water partition coefficient (Wildman–Crippen LogP) is 3.29. The Morgan fingerprint density at radius 3 is 2.88 bits per heavy atom. The van der Waals surface area contributed by atoms with E-state index < -0.39 is 0 Å². The molecule has 4 heteroatoms. The van der Waals surface area contributed by atoms with Crippen LogP contribution in [0.2, 0.25) is 5.02 Å². The molecule has 3 nitrogen and oxygen atoms in total. The maximum Gasteiger partial charge on any atom is 0.238 e. The molecular formula is C13H13ClN2O. The number of aromatic nitrogens is 1. The Labute approximate surface area is 105 Å². The zero-order chi connectivity index (χ0) is 12.3. The quantitative estimate of drug-likeness (QED) is 0.907. The Kier molecular flexibility index (Phi) is 3.61. The van der Waals surface area contributed by atoms with E-state index in [0.717, 1.165) is 16.9 Å². The number of benzene rings is 1. The molecule has 0 aliphatic heterocycles. The third-order valence-electron chi connectivity index (χ3n) is 2.42. The maximum atomic E-state index is 5.99. The van der Waals surface area contributed by atoms with Crippen LogP contribution in [-0.4, -0.2) is 4.98 Å². The fraction of sp³-hybridized carbons (Fsp3) is 0.154. The van der Waals surface area contributed by atoms with E-state index in [9.17, 15) is 0 Å². The Morgan fingerprint density at radius 2 is 2.18 bits per heavy atom. The lowest BCUT2D eigenvalue weighted by molar-refractivity contribution is 0.459. The Balaban J connectivity index is 2.32. The first-order chi connectivity index (χ1) is 8.20. The van der Waals surface area contributed by atoms with Crippen LogP contribution in [0.25, 0.3) is 0 Å². The lowest BCUT2D eigenvalue weighted by Crippen LogP contribution is -1.98. The van der Waals surface area contributed by atoms with Crippen molar-refractivity contribution in [1.29, 1.82) is 0 Å². The predicted molar refractivity (Wildman–Crippen MR) is 68.4 cm³/mol. The SMILES string of the molecule is Cc1ccc(CN)cc1Oc1ncccc1Cl. The molecule has 1 heterocycles. The molecule has 0 spiro atoms. The van der Waals surface area contributed by atoms with E-state index in [2.05, 4.69) is 4.98 Å². The van der Waals surface area contributed by atoms with Crippen molar-refractivity contribution in [2.45, 2.75) is 13.5 Å². The summed E-state index contributed by atoms with van der Waals surface area (Å²) >= 11 is 5.99. The molecule has 17 heavy (non-hydrogen) atoms. The highest BCUT2D eigenvalue weighted by Gasteiger charge is 2.06. The lowest BCUT2D eigenvalue weighted by Gasteiger charge is -2.10. The van der Waals surface area contributed by atoms with Crippen molar-refractivity contribution in [3.05, 3.63) is 52.7 Å². The van der Waals surface area contributed by atoms with Gasteiger partial charge in [-0.2, -0.15) is 0 Å². The summed E-state index contributed by atoms with van der Waals surface area (Å²) in [6.45, 7) is 2.44. The first-order valence-electron chi connectivity index (χ1n) is 5.28. The van der Waals surface area contributed by atoms with Gasteiger partial charge in [-0.05, 0) is 36.2 Å². The van der Waals surface area contributed by atoms with E-state index in [1.165, 1.54) is 0 Å². The summed E-state index contributed by atoms with van der Waals surface area (Å²) in [5.41, 5.74) is 7.62. The van der Waals surface area contributed by atoms with Crippen molar-refractivity contribution in [2.24, 2.45) is 5.73 Å². The van der Waals surface area contributed by atoms with Gasteiger partial charge in [-0.1, -0.05) is 23.7 Å². The zero-order valence-electron chi connectivity index (χ0n) is 9.48. The highest BCUT2D eigenvalue weighted by atomic mass is 35.5. The second-order valence-electron chi connectivity index (χ2n) is 3.70. The Hall–Kier alpha value is -1.58. The number of pyridine rings is 1. The highest BCUT2D eigenvalue weighted by Crippen LogP contribution is 2.29. The largest absolute Gasteiger partial charge is 0.437 e. The topological polar surface area (TPSA) is 48.1 Å². The third-order valence-corrected chi connectivity index (χ3v) is 2.71. The average Bonchev–Trinajstić information content (AvgIpc) is 2.35. The Bertz CT molecular complexity index is 529. The van der Waals surface area contributed by atoms with Crippen molar-refractivity contribution in [2.75, 3.05) is 0 Å². The molecule has 0 saturated heterocycles. The van der Waals surface area contributed by atoms with Crippen molar-refractivity contribution < 1.29 is 4.74 Å². The molecule has 0 aliphatic rings. The highest BCUT2D eigenvalue weighted by molar-refractivity contribution is 6.31. The van der Waals surface area contributed by atoms with E-state index in [0.29, 0.717) is 17.4 Å². The van der Waals surface area contributed by atoms with Crippen LogP contribution in [0.3, 0.4) is 0 Å². The molecule has 0 atom stereocenters. The molecule has 0 aliphatic carbocycles. The summed E-state index contributed by atoms with van der Waals surface area (Å²) in [5.74, 6) is 1.14. The first-order valence-corrected chi connectivity index (χ1v) is 5.66. The van der Waals surface area contributed by atoms with Crippen LogP contribution >= 0.6 is 11.6 Å². The summed E-state index contributed by atoms with van der Waals surface area (Å²) in [4.78, 5) is 4.08. The van der Waals surface area contributed by atoms with Gasteiger partial charge in [0.15, 0.2) is 0 Å². The van der Waals surface area contributed by atoms with Crippen molar-refractivity contribution in [1.82, 2.24) is 4.98 Å². The molecule has 2 N–H and O–H groups in total. The van der Waals surface area contributed by atoms with E-state index in [-0.39, 0.29) is 0 Å². The van der Waals surface area contributed by atoms with Gasteiger partial charge in [-0.25, -0.2) is 4.98 Å². The van der Waals surface area contributed by atoms with Gasteiger partial charge in [0.05, 0.1) is 0 Å². The number of nitrogens with two attached hydrogens (primary N) is 1. The van der Waals surface area contributed by atoms with Crippen molar-refractivity contribution in [3.63, 3.8) is 0 Å². The number of rotatable bonds is 3. The van der Waals surface area contributed by atoms with E-state index in [1.54, 1.807) is 18.3 Å². The molecule has 0 saturated carbocycles. The molecule has 0 bridgehead atoms. The summed E-state index contributed by atoms with van der Waals surface area (Å²) in [6.07, 6.45) is 1.64. The number of aryl methyl sites for hydroxylation is 1. The molecule has 0 amide bonds. The number of hydrogen-bond donors (Lipinski definition) is 1. The minimum Gasteiger partial charge on any atom is -0.437 e. The second-order valence-corrected chi connectivity index (χ2v) is 4.10. The van der Waals surface area contributed by atoms with Crippen molar-refractivity contribution >= 4 is 11.6 Å². The summed E-state index contributed by atoms with van der Waals surface area (Å²) in [7, 11) is 0. The summed E-state index contributed by atoms with van der Waals surface area (Å²) in [5, 5.41) is 0.491. The number of halogens is 1. The normalized spacial score (nSPS) is 10.3. The van der Waals surface area contributed by atoms with Gasteiger partial charge in [0.25, 0.3) is 0 Å². The van der Waals surface area contributed by atoms with Crippen LogP contribution in [0, 0.1) is 6.92 Å². The van der Waals surface area contributed by atoms with Crippen molar-refractivity contribution in [3.8, 4) is 11.6 Å². The molecule has 88 valence electrons. The fourth-order valence-electron chi connectivity index (χ4n) is 1.43. The van der Waals surface area contributed by atoms with E-state index in [1.807, 2.05) is 25.1 Å². The minimum absolute atomic E-state index is 0.409. The van der Waals surface area contributed by atoms with Gasteiger partial charge in [0, 0.05) is 12.7 Å². The van der Waals surface area contributed by atoms with Crippen LogP contribution in [0.5, 0.6) is 11.6 Å². The first kappa shape index (κ1) is 11.9. The number of nitrogens with zero attached hydrogens (tertiary/aromatic N) is 1. The smallest absolute Gasteiger partial charge is 0.238 e. The van der Waals surface area contributed by atoms with Gasteiger partial charge >= 0.3 is 0 Å². The molecule has 2 rings (SSSR count). The molecule has 1 aromatic heterocycles. The van der Waals surface area contributed by atoms with Crippen LogP contribution < -0.4 is 10.5 Å². The number of hydrogen-bond acceptors (Lipinski definition) is 3. The molecule has 2 aromatic rings. The van der Waals surface area contributed by atoms with Gasteiger partial charge in [0.1, 0.15) is 10.8 Å². The Morgan fingerprint density at radius 1 is 1.35 bits per heavy atom. The fourth-order valence-corrected chi connectivity index (χ4v) is 1.59. The second kappa shape index (κ2) is 5.17. The maximum absolute atomic E-state index is 5.99. The number of ether oxygens (including phenoxy) is 1. The molecule has 0 radical (unpaired) electrons. The molecule has 0 unspecified atom stereocenters. The van der Waals surface area contributed by atoms with Gasteiger partial charge < -0.3 is 10.5 Å².